The molecule has 0 unspecified atom stereocenters. The minimum atomic E-state index is -0.0343. The van der Waals surface area contributed by atoms with Gasteiger partial charge in [0.15, 0.2) is 6.04 Å². The second-order valence-corrected chi connectivity index (χ2v) is 5.82. The van der Waals surface area contributed by atoms with Crippen molar-refractivity contribution in [3.05, 3.63) is 41.9 Å². The van der Waals surface area contributed by atoms with Crippen molar-refractivity contribution in [1.82, 2.24) is 15.2 Å². The lowest BCUT2D eigenvalue weighted by Crippen LogP contribution is -2.54. The highest BCUT2D eigenvalue weighted by atomic mass is 32.2. The van der Waals surface area contributed by atoms with E-state index in [0.717, 1.165) is 17.7 Å². The van der Waals surface area contributed by atoms with E-state index in [1.165, 1.54) is 10.9 Å². The standard InChI is InChI=1S/C14H16N4OS/c1-2-20-14-18-17-13(19-14)11(15)7-9-8-16-12-6-4-3-5-10(9)12/h3-6,8,11,16H,2,7,15H2,1H3/p+1/t11-/m0/s1. The van der Waals surface area contributed by atoms with E-state index < -0.39 is 0 Å². The number of fused-ring (bicyclic) bond motifs is 1. The number of quaternary nitrogens is 1. The number of aromatic amines is 1. The van der Waals surface area contributed by atoms with Gasteiger partial charge in [-0.15, -0.1) is 10.2 Å². The Morgan fingerprint density at radius 2 is 2.20 bits per heavy atom. The monoisotopic (exact) mass is 289 g/mol. The third-order valence-corrected chi connectivity index (χ3v) is 3.88. The number of thioether (sulfide) groups is 1. The molecule has 0 aliphatic rings. The topological polar surface area (TPSA) is 82.4 Å². The average Bonchev–Trinajstić information content (AvgIpc) is 3.07. The summed E-state index contributed by atoms with van der Waals surface area (Å²) in [7, 11) is 0. The molecule has 0 amide bonds. The van der Waals surface area contributed by atoms with Gasteiger partial charge in [0.1, 0.15) is 0 Å². The predicted molar refractivity (Wildman–Crippen MR) is 78.3 cm³/mol. The molecule has 2 aromatic heterocycles. The van der Waals surface area contributed by atoms with E-state index in [4.69, 9.17) is 4.42 Å². The van der Waals surface area contributed by atoms with Gasteiger partial charge in [-0.05, 0) is 17.4 Å². The number of rotatable bonds is 5. The largest absolute Gasteiger partial charge is 0.410 e. The van der Waals surface area contributed by atoms with Crippen molar-refractivity contribution < 1.29 is 10.2 Å². The van der Waals surface area contributed by atoms with Crippen LogP contribution in [0.25, 0.3) is 10.9 Å². The smallest absolute Gasteiger partial charge is 0.276 e. The third-order valence-electron chi connectivity index (χ3n) is 3.18. The number of nitrogens with one attached hydrogen (secondary N) is 1. The zero-order valence-electron chi connectivity index (χ0n) is 11.3. The maximum atomic E-state index is 5.61. The normalized spacial score (nSPS) is 12.9. The zero-order valence-corrected chi connectivity index (χ0v) is 12.1. The highest BCUT2D eigenvalue weighted by molar-refractivity contribution is 7.99. The Kier molecular flexibility index (Phi) is 3.75. The Hall–Kier alpha value is -1.79. The SMILES string of the molecule is CCSc1nnc([C@@H]([NH3+])Cc2c[nH]c3ccccc23)o1. The molecule has 1 atom stereocenters. The van der Waals surface area contributed by atoms with Crippen molar-refractivity contribution in [3.63, 3.8) is 0 Å². The van der Waals surface area contributed by atoms with Crippen LogP contribution in [-0.4, -0.2) is 20.9 Å². The first-order valence-corrected chi connectivity index (χ1v) is 7.60. The fraction of sp³-hybridized carbons (Fsp3) is 0.286. The van der Waals surface area contributed by atoms with E-state index >= 15 is 0 Å². The van der Waals surface area contributed by atoms with Crippen molar-refractivity contribution in [3.8, 4) is 0 Å². The first kappa shape index (κ1) is 13.2. The molecule has 5 nitrogen and oxygen atoms in total. The van der Waals surface area contributed by atoms with Gasteiger partial charge >= 0.3 is 0 Å². The summed E-state index contributed by atoms with van der Waals surface area (Å²) in [4.78, 5) is 3.27. The van der Waals surface area contributed by atoms with Gasteiger partial charge in [0, 0.05) is 23.5 Å². The van der Waals surface area contributed by atoms with E-state index in [1.54, 1.807) is 11.8 Å². The van der Waals surface area contributed by atoms with E-state index in [2.05, 4.69) is 40.0 Å². The van der Waals surface area contributed by atoms with Gasteiger partial charge in [0.25, 0.3) is 11.1 Å². The zero-order chi connectivity index (χ0) is 13.9. The van der Waals surface area contributed by atoms with Gasteiger partial charge < -0.3 is 15.1 Å². The minimum absolute atomic E-state index is 0.0343. The molecule has 0 saturated carbocycles. The second-order valence-electron chi connectivity index (χ2n) is 4.60. The van der Waals surface area contributed by atoms with Crippen LogP contribution in [0.15, 0.2) is 40.1 Å². The molecule has 3 rings (SSSR count). The highest BCUT2D eigenvalue weighted by Crippen LogP contribution is 2.23. The van der Waals surface area contributed by atoms with Crippen LogP contribution in [0.3, 0.4) is 0 Å². The fourth-order valence-corrected chi connectivity index (χ4v) is 2.71. The second kappa shape index (κ2) is 5.68. The summed E-state index contributed by atoms with van der Waals surface area (Å²) in [5.41, 5.74) is 6.51. The van der Waals surface area contributed by atoms with Crippen LogP contribution in [0.2, 0.25) is 0 Å². The van der Waals surface area contributed by atoms with Crippen molar-refractivity contribution in [2.75, 3.05) is 5.75 Å². The van der Waals surface area contributed by atoms with Crippen LogP contribution in [0.4, 0.5) is 0 Å². The van der Waals surface area contributed by atoms with Crippen LogP contribution < -0.4 is 5.73 Å². The number of para-hydroxylation sites is 1. The molecule has 0 aliphatic carbocycles. The lowest BCUT2D eigenvalue weighted by atomic mass is 10.1. The van der Waals surface area contributed by atoms with E-state index in [0.29, 0.717) is 11.1 Å². The number of benzene rings is 1. The summed E-state index contributed by atoms with van der Waals surface area (Å²) in [6.07, 6.45) is 2.81. The van der Waals surface area contributed by atoms with Crippen LogP contribution in [0.5, 0.6) is 0 Å². The Bertz CT molecular complexity index is 706. The van der Waals surface area contributed by atoms with Crippen molar-refractivity contribution in [1.29, 1.82) is 0 Å². The van der Waals surface area contributed by atoms with E-state index in [-0.39, 0.29) is 6.04 Å². The highest BCUT2D eigenvalue weighted by Gasteiger charge is 2.20. The number of aromatic nitrogens is 3. The van der Waals surface area contributed by atoms with Gasteiger partial charge in [-0.1, -0.05) is 36.9 Å². The molecular formula is C14H17N4OS+. The molecule has 4 N–H and O–H groups in total. The summed E-state index contributed by atoms with van der Waals surface area (Å²) >= 11 is 1.55. The average molecular weight is 289 g/mol. The molecule has 6 heteroatoms. The number of nitrogens with zero attached hydrogens (tertiary/aromatic N) is 2. The van der Waals surface area contributed by atoms with Crippen molar-refractivity contribution in [2.45, 2.75) is 24.6 Å². The third kappa shape index (κ3) is 2.57. The number of hydrogen-bond acceptors (Lipinski definition) is 4. The molecule has 3 aromatic rings. The number of H-pyrrole nitrogens is 1. The molecule has 0 spiro atoms. The summed E-state index contributed by atoms with van der Waals surface area (Å²) in [5.74, 6) is 1.53. The minimum Gasteiger partial charge on any atom is -0.410 e. The van der Waals surface area contributed by atoms with Crippen LogP contribution >= 0.6 is 11.8 Å². The molecule has 0 bridgehead atoms. The molecule has 0 saturated heterocycles. The van der Waals surface area contributed by atoms with Gasteiger partial charge in [-0.2, -0.15) is 0 Å². The quantitative estimate of drug-likeness (QED) is 0.705. The Morgan fingerprint density at radius 1 is 1.35 bits per heavy atom. The molecule has 0 aliphatic heterocycles. The van der Waals surface area contributed by atoms with Crippen molar-refractivity contribution >= 4 is 22.7 Å². The maximum Gasteiger partial charge on any atom is 0.276 e. The van der Waals surface area contributed by atoms with Crippen LogP contribution in [0, 0.1) is 0 Å². The van der Waals surface area contributed by atoms with Crippen LogP contribution in [0.1, 0.15) is 24.4 Å². The van der Waals surface area contributed by atoms with Gasteiger partial charge in [0.2, 0.25) is 0 Å². The maximum absolute atomic E-state index is 5.61. The summed E-state index contributed by atoms with van der Waals surface area (Å²) in [6.45, 7) is 2.06. The summed E-state index contributed by atoms with van der Waals surface area (Å²) in [5, 5.41) is 9.95. The predicted octanol–water partition coefficient (Wildman–Crippen LogP) is 2.19. The molecule has 0 fully saturated rings. The van der Waals surface area contributed by atoms with Gasteiger partial charge in [-0.3, -0.25) is 0 Å². The molecule has 104 valence electrons. The first-order valence-electron chi connectivity index (χ1n) is 6.62. The Labute approximate surface area is 121 Å². The Morgan fingerprint density at radius 3 is 3.05 bits per heavy atom. The summed E-state index contributed by atoms with van der Waals surface area (Å²) < 4.78 is 5.61. The lowest BCUT2D eigenvalue weighted by Gasteiger charge is -2.02. The van der Waals surface area contributed by atoms with Gasteiger partial charge in [-0.25, -0.2) is 0 Å². The number of hydrogen-bond donors (Lipinski definition) is 2. The van der Waals surface area contributed by atoms with E-state index in [9.17, 15) is 0 Å². The lowest BCUT2D eigenvalue weighted by molar-refractivity contribution is -0.431. The molecule has 2 heterocycles. The van der Waals surface area contributed by atoms with Crippen LogP contribution in [-0.2, 0) is 6.42 Å². The summed E-state index contributed by atoms with van der Waals surface area (Å²) in [6, 6.07) is 8.21. The first-order chi connectivity index (χ1) is 9.78. The molecular weight excluding hydrogens is 272 g/mol. The van der Waals surface area contributed by atoms with Gasteiger partial charge in [0.05, 0.1) is 0 Å². The van der Waals surface area contributed by atoms with Crippen molar-refractivity contribution in [2.24, 2.45) is 0 Å². The van der Waals surface area contributed by atoms with E-state index in [1.807, 2.05) is 18.3 Å². The molecule has 1 aromatic carbocycles. The molecule has 0 radical (unpaired) electrons. The fourth-order valence-electron chi connectivity index (χ4n) is 2.22. The Balaban J connectivity index is 1.79. The molecule has 20 heavy (non-hydrogen) atoms.